The van der Waals surface area contributed by atoms with E-state index in [0.717, 1.165) is 63.8 Å². The van der Waals surface area contributed by atoms with E-state index in [2.05, 4.69) is 10.5 Å². The van der Waals surface area contributed by atoms with Crippen molar-refractivity contribution in [2.45, 2.75) is 44.4 Å². The SMILES string of the molecule is COc1ccc(SCC(=O)NN=Cc2cc(C)n(-c3sc4c(c3C(=O)O)CCCC4)c2C)cc1. The van der Waals surface area contributed by atoms with E-state index in [1.54, 1.807) is 24.7 Å². The average Bonchev–Trinajstić information content (AvgIpc) is 3.34. The van der Waals surface area contributed by atoms with Crippen molar-refractivity contribution in [3.05, 3.63) is 63.3 Å². The van der Waals surface area contributed by atoms with Crippen LogP contribution in [0.5, 0.6) is 5.75 Å². The number of carboxylic acids is 1. The number of aromatic carboxylic acids is 1. The fourth-order valence-corrected chi connectivity index (χ4v) is 6.37. The normalized spacial score (nSPS) is 13.1. The summed E-state index contributed by atoms with van der Waals surface area (Å²) in [7, 11) is 1.61. The molecule has 178 valence electrons. The molecule has 9 heteroatoms. The Morgan fingerprint density at radius 2 is 1.97 bits per heavy atom. The number of nitrogens with zero attached hydrogens (tertiary/aromatic N) is 2. The van der Waals surface area contributed by atoms with Gasteiger partial charge in [-0.05, 0) is 75.4 Å². The minimum atomic E-state index is -0.876. The molecule has 0 spiro atoms. The average molecular weight is 498 g/mol. The van der Waals surface area contributed by atoms with Crippen LogP contribution in [0.25, 0.3) is 5.00 Å². The fraction of sp³-hybridized carbons (Fsp3) is 0.320. The van der Waals surface area contributed by atoms with Crippen LogP contribution in [0.2, 0.25) is 0 Å². The zero-order valence-electron chi connectivity index (χ0n) is 19.4. The smallest absolute Gasteiger partial charge is 0.339 e. The largest absolute Gasteiger partial charge is 0.497 e. The number of methoxy groups -OCH3 is 1. The number of hydrogen-bond donors (Lipinski definition) is 2. The van der Waals surface area contributed by atoms with Gasteiger partial charge in [0.1, 0.15) is 10.8 Å². The lowest BCUT2D eigenvalue weighted by atomic mass is 9.95. The molecule has 2 heterocycles. The summed E-state index contributed by atoms with van der Waals surface area (Å²) in [6.07, 6.45) is 5.50. The van der Waals surface area contributed by atoms with Gasteiger partial charge in [-0.25, -0.2) is 10.2 Å². The lowest BCUT2D eigenvalue weighted by Gasteiger charge is -2.11. The van der Waals surface area contributed by atoms with E-state index in [4.69, 9.17) is 4.74 Å². The molecule has 3 aromatic rings. The molecule has 0 atom stereocenters. The Morgan fingerprint density at radius 1 is 1.24 bits per heavy atom. The Labute approximate surface area is 206 Å². The minimum absolute atomic E-state index is 0.204. The van der Waals surface area contributed by atoms with E-state index in [1.807, 2.05) is 48.7 Å². The molecule has 0 aliphatic heterocycles. The Hall–Kier alpha value is -3.04. The van der Waals surface area contributed by atoms with E-state index in [-0.39, 0.29) is 11.7 Å². The van der Waals surface area contributed by atoms with Gasteiger partial charge in [0.05, 0.1) is 24.6 Å². The second-order valence-electron chi connectivity index (χ2n) is 8.12. The first kappa shape index (κ1) is 24.1. The summed E-state index contributed by atoms with van der Waals surface area (Å²) >= 11 is 3.00. The van der Waals surface area contributed by atoms with Crippen molar-refractivity contribution >= 4 is 41.2 Å². The van der Waals surface area contributed by atoms with Crippen LogP contribution < -0.4 is 10.2 Å². The number of fused-ring (bicyclic) bond motifs is 1. The van der Waals surface area contributed by atoms with Crippen molar-refractivity contribution < 1.29 is 19.4 Å². The number of aryl methyl sites for hydroxylation is 2. The summed E-state index contributed by atoms with van der Waals surface area (Å²) in [6, 6.07) is 9.48. The summed E-state index contributed by atoms with van der Waals surface area (Å²) in [5.74, 6) is -0.0660. The first-order valence-corrected chi connectivity index (χ1v) is 12.8. The quantitative estimate of drug-likeness (QED) is 0.260. The van der Waals surface area contributed by atoms with Crippen molar-refractivity contribution in [2.24, 2.45) is 5.10 Å². The summed E-state index contributed by atoms with van der Waals surface area (Å²) in [4.78, 5) is 26.5. The fourth-order valence-electron chi connectivity index (χ4n) is 4.19. The number of hydrazone groups is 1. The van der Waals surface area contributed by atoms with Crippen molar-refractivity contribution in [3.8, 4) is 10.8 Å². The highest BCUT2D eigenvalue weighted by molar-refractivity contribution is 8.00. The molecule has 7 nitrogen and oxygen atoms in total. The van der Waals surface area contributed by atoms with E-state index in [9.17, 15) is 14.7 Å². The molecule has 34 heavy (non-hydrogen) atoms. The highest BCUT2D eigenvalue weighted by Crippen LogP contribution is 2.38. The van der Waals surface area contributed by atoms with Crippen LogP contribution in [0.4, 0.5) is 0 Å². The van der Waals surface area contributed by atoms with Gasteiger partial charge in [-0.1, -0.05) is 0 Å². The van der Waals surface area contributed by atoms with Gasteiger partial charge in [-0.3, -0.25) is 4.79 Å². The number of ether oxygens (including phenoxy) is 1. The summed E-state index contributed by atoms with van der Waals surface area (Å²) in [5.41, 5.74) is 6.65. The Bertz CT molecular complexity index is 1240. The van der Waals surface area contributed by atoms with Gasteiger partial charge in [-0.2, -0.15) is 5.10 Å². The number of thiophene rings is 1. The van der Waals surface area contributed by atoms with Gasteiger partial charge in [0.15, 0.2) is 0 Å². The van der Waals surface area contributed by atoms with Crippen LogP contribution >= 0.6 is 23.1 Å². The Kier molecular flexibility index (Phi) is 7.43. The third-order valence-electron chi connectivity index (χ3n) is 5.86. The maximum Gasteiger partial charge on any atom is 0.339 e. The second kappa shape index (κ2) is 10.5. The highest BCUT2D eigenvalue weighted by Gasteiger charge is 2.27. The van der Waals surface area contributed by atoms with Crippen LogP contribution in [0, 0.1) is 13.8 Å². The maximum absolute atomic E-state index is 12.2. The number of nitrogens with one attached hydrogen (secondary N) is 1. The van der Waals surface area contributed by atoms with Crippen molar-refractivity contribution in [3.63, 3.8) is 0 Å². The second-order valence-corrected chi connectivity index (χ2v) is 10.2. The number of carbonyl (C=O) groups is 2. The summed E-state index contributed by atoms with van der Waals surface area (Å²) < 4.78 is 7.13. The molecule has 2 N–H and O–H groups in total. The predicted molar refractivity (Wildman–Crippen MR) is 136 cm³/mol. The number of carbonyl (C=O) groups excluding carboxylic acids is 1. The van der Waals surface area contributed by atoms with Gasteiger partial charge in [-0.15, -0.1) is 23.1 Å². The molecule has 1 aliphatic rings. The Balaban J connectivity index is 1.46. The molecule has 0 unspecified atom stereocenters. The van der Waals surface area contributed by atoms with Gasteiger partial charge in [0, 0.05) is 26.7 Å². The van der Waals surface area contributed by atoms with E-state index >= 15 is 0 Å². The molecular formula is C25H27N3O4S2. The maximum atomic E-state index is 12.2. The molecule has 1 aromatic carbocycles. The van der Waals surface area contributed by atoms with E-state index in [1.165, 1.54) is 16.6 Å². The number of hydrogen-bond acceptors (Lipinski definition) is 6. The predicted octanol–water partition coefficient (Wildman–Crippen LogP) is 4.98. The number of thioether (sulfide) groups is 1. The first-order valence-electron chi connectivity index (χ1n) is 11.0. The molecule has 0 radical (unpaired) electrons. The molecule has 0 fully saturated rings. The van der Waals surface area contributed by atoms with Gasteiger partial charge in [0.2, 0.25) is 5.91 Å². The van der Waals surface area contributed by atoms with E-state index in [0.29, 0.717) is 5.56 Å². The molecule has 1 amide bonds. The zero-order valence-corrected chi connectivity index (χ0v) is 21.0. The monoisotopic (exact) mass is 497 g/mol. The molecular weight excluding hydrogens is 470 g/mol. The number of aromatic nitrogens is 1. The summed E-state index contributed by atoms with van der Waals surface area (Å²) in [6.45, 7) is 3.90. The number of rotatable bonds is 8. The summed E-state index contributed by atoms with van der Waals surface area (Å²) in [5, 5.41) is 14.8. The number of benzene rings is 1. The number of carboxylic acid groups (broad SMARTS) is 1. The van der Waals surface area contributed by atoms with Crippen LogP contribution in [-0.2, 0) is 17.6 Å². The van der Waals surface area contributed by atoms with Crippen LogP contribution in [0.1, 0.15) is 50.6 Å². The lowest BCUT2D eigenvalue weighted by molar-refractivity contribution is -0.118. The minimum Gasteiger partial charge on any atom is -0.497 e. The van der Waals surface area contributed by atoms with Gasteiger partial charge >= 0.3 is 5.97 Å². The first-order chi connectivity index (χ1) is 16.4. The molecule has 1 aliphatic carbocycles. The molecule has 0 bridgehead atoms. The zero-order chi connectivity index (χ0) is 24.2. The molecule has 0 saturated carbocycles. The molecule has 0 saturated heterocycles. The third-order valence-corrected chi connectivity index (χ3v) is 8.15. The van der Waals surface area contributed by atoms with Crippen LogP contribution in [-0.4, -0.2) is 40.6 Å². The highest BCUT2D eigenvalue weighted by atomic mass is 32.2. The van der Waals surface area contributed by atoms with Crippen LogP contribution in [0.15, 0.2) is 40.3 Å². The van der Waals surface area contributed by atoms with Gasteiger partial charge < -0.3 is 14.4 Å². The van der Waals surface area contributed by atoms with Crippen LogP contribution in [0.3, 0.4) is 0 Å². The van der Waals surface area contributed by atoms with Crippen molar-refractivity contribution in [1.82, 2.24) is 9.99 Å². The van der Waals surface area contributed by atoms with Gasteiger partial charge in [0.25, 0.3) is 0 Å². The lowest BCUT2D eigenvalue weighted by Crippen LogP contribution is -2.19. The number of amides is 1. The Morgan fingerprint density at radius 3 is 2.68 bits per heavy atom. The van der Waals surface area contributed by atoms with E-state index < -0.39 is 5.97 Å². The topological polar surface area (TPSA) is 92.9 Å². The molecule has 2 aromatic heterocycles. The standard InChI is InChI=1S/C25H27N3O4S2/c1-15-12-17(13-26-27-22(29)14-33-19-10-8-18(32-3)9-11-19)16(2)28(15)24-23(25(30)31)20-6-4-5-7-21(20)34-24/h8-13H,4-7,14H2,1-3H3,(H,27,29)(H,30,31). The van der Waals surface area contributed by atoms with Crippen molar-refractivity contribution in [2.75, 3.05) is 12.9 Å². The van der Waals surface area contributed by atoms with Crippen molar-refractivity contribution in [1.29, 1.82) is 0 Å². The molecule has 4 rings (SSSR count). The third kappa shape index (κ3) is 5.05.